The number of rotatable bonds is 3. The summed E-state index contributed by atoms with van der Waals surface area (Å²) in [5.41, 5.74) is -0.182. The molecule has 0 bridgehead atoms. The van der Waals surface area contributed by atoms with Crippen LogP contribution in [0.25, 0.3) is 0 Å². The van der Waals surface area contributed by atoms with Gasteiger partial charge in [0.15, 0.2) is 0 Å². The van der Waals surface area contributed by atoms with Gasteiger partial charge in [-0.05, 0) is 19.9 Å². The van der Waals surface area contributed by atoms with E-state index >= 15 is 0 Å². The number of amides is 1. The lowest BCUT2D eigenvalue weighted by atomic mass is 9.89. The van der Waals surface area contributed by atoms with E-state index in [4.69, 9.17) is 4.74 Å². The molecule has 1 amide bonds. The number of carbonyl (C=O) groups excluding carboxylic acids is 1. The molecule has 0 saturated carbocycles. The van der Waals surface area contributed by atoms with Gasteiger partial charge >= 0.3 is 5.69 Å². The highest BCUT2D eigenvalue weighted by Crippen LogP contribution is 2.39. The quantitative estimate of drug-likeness (QED) is 0.913. The Bertz CT molecular complexity index is 840. The Hall–Kier alpha value is -2.64. The third-order valence-electron chi connectivity index (χ3n) is 3.95. The molecule has 7 nitrogen and oxygen atoms in total. The Morgan fingerprint density at radius 3 is 2.92 bits per heavy atom. The van der Waals surface area contributed by atoms with E-state index in [9.17, 15) is 14.0 Å². The fourth-order valence-corrected chi connectivity index (χ4v) is 2.86. The van der Waals surface area contributed by atoms with Crippen molar-refractivity contribution in [2.75, 3.05) is 0 Å². The van der Waals surface area contributed by atoms with Crippen molar-refractivity contribution in [2.45, 2.75) is 38.5 Å². The first kappa shape index (κ1) is 16.2. The smallest absolute Gasteiger partial charge is 0.345 e. The Morgan fingerprint density at radius 1 is 1.50 bits per heavy atom. The Morgan fingerprint density at radius 2 is 2.25 bits per heavy atom. The molecule has 1 aliphatic rings. The predicted molar refractivity (Wildman–Crippen MR) is 84.1 cm³/mol. The van der Waals surface area contributed by atoms with Crippen molar-refractivity contribution < 1.29 is 13.9 Å². The molecule has 0 spiro atoms. The largest absolute Gasteiger partial charge is 0.487 e. The highest BCUT2D eigenvalue weighted by molar-refractivity contribution is 5.76. The SMILES string of the molecule is Cn1cnn(CC(=O)N[C@H]2CC(C)(C)Oc3cc(F)ccc32)c1=O. The van der Waals surface area contributed by atoms with Crippen molar-refractivity contribution in [3.05, 3.63) is 46.4 Å². The van der Waals surface area contributed by atoms with Crippen LogP contribution in [-0.4, -0.2) is 25.9 Å². The molecule has 0 radical (unpaired) electrons. The number of nitrogens with one attached hydrogen (secondary N) is 1. The molecular formula is C16H19FN4O3. The Balaban J connectivity index is 1.80. The fourth-order valence-electron chi connectivity index (χ4n) is 2.86. The van der Waals surface area contributed by atoms with E-state index in [1.54, 1.807) is 13.1 Å². The molecule has 2 heterocycles. The lowest BCUT2D eigenvalue weighted by Crippen LogP contribution is -2.43. The standard InChI is InChI=1S/C16H19FN4O3/c1-16(2)7-12(11-5-4-10(17)6-13(11)24-16)19-14(22)8-21-15(23)20(3)9-18-21/h4-6,9,12H,7-8H2,1-3H3,(H,19,22)/t12-/m0/s1. The maximum absolute atomic E-state index is 13.5. The number of carbonyl (C=O) groups is 1. The minimum Gasteiger partial charge on any atom is -0.487 e. The molecule has 1 N–H and O–H groups in total. The molecular weight excluding hydrogens is 315 g/mol. The lowest BCUT2D eigenvalue weighted by Gasteiger charge is -2.37. The summed E-state index contributed by atoms with van der Waals surface area (Å²) in [6.45, 7) is 3.58. The highest BCUT2D eigenvalue weighted by atomic mass is 19.1. The van der Waals surface area contributed by atoms with Gasteiger partial charge in [0.1, 0.15) is 30.0 Å². The van der Waals surface area contributed by atoms with E-state index in [1.807, 2.05) is 13.8 Å². The van der Waals surface area contributed by atoms with Crippen molar-refractivity contribution in [1.29, 1.82) is 0 Å². The second kappa shape index (κ2) is 5.77. The predicted octanol–water partition coefficient (Wildman–Crippen LogP) is 1.14. The van der Waals surface area contributed by atoms with E-state index < -0.39 is 11.4 Å². The normalized spacial score (nSPS) is 18.6. The number of aryl methyl sites for hydroxylation is 1. The maximum atomic E-state index is 13.5. The molecule has 2 aromatic rings. The average Bonchev–Trinajstić information content (AvgIpc) is 2.77. The van der Waals surface area contributed by atoms with Crippen LogP contribution in [0.4, 0.5) is 4.39 Å². The van der Waals surface area contributed by atoms with Crippen molar-refractivity contribution in [3.63, 3.8) is 0 Å². The van der Waals surface area contributed by atoms with Crippen LogP contribution in [0, 0.1) is 5.82 Å². The Kier molecular flexibility index (Phi) is 3.90. The van der Waals surface area contributed by atoms with Gasteiger partial charge in [0.25, 0.3) is 0 Å². The summed E-state index contributed by atoms with van der Waals surface area (Å²) in [4.78, 5) is 24.1. The molecule has 0 aliphatic carbocycles. The van der Waals surface area contributed by atoms with E-state index in [0.29, 0.717) is 12.2 Å². The molecule has 0 fully saturated rings. The minimum absolute atomic E-state index is 0.173. The van der Waals surface area contributed by atoms with Crippen molar-refractivity contribution in [3.8, 4) is 5.75 Å². The highest BCUT2D eigenvalue weighted by Gasteiger charge is 2.34. The van der Waals surface area contributed by atoms with Crippen LogP contribution in [0.3, 0.4) is 0 Å². The molecule has 128 valence electrons. The number of fused-ring (bicyclic) bond motifs is 1. The van der Waals surface area contributed by atoms with Gasteiger partial charge in [0.05, 0.1) is 6.04 Å². The summed E-state index contributed by atoms with van der Waals surface area (Å²) in [5.74, 6) is -0.308. The van der Waals surface area contributed by atoms with E-state index in [0.717, 1.165) is 10.2 Å². The monoisotopic (exact) mass is 334 g/mol. The average molecular weight is 334 g/mol. The summed E-state index contributed by atoms with van der Waals surface area (Å²) >= 11 is 0. The summed E-state index contributed by atoms with van der Waals surface area (Å²) < 4.78 is 21.6. The first-order valence-electron chi connectivity index (χ1n) is 7.61. The molecule has 0 saturated heterocycles. The molecule has 24 heavy (non-hydrogen) atoms. The second-order valence-electron chi connectivity index (χ2n) is 6.55. The van der Waals surface area contributed by atoms with Crippen molar-refractivity contribution in [1.82, 2.24) is 19.7 Å². The molecule has 1 aromatic carbocycles. The van der Waals surface area contributed by atoms with Crippen LogP contribution in [0.15, 0.2) is 29.3 Å². The maximum Gasteiger partial charge on any atom is 0.345 e. The number of halogens is 1. The zero-order valence-corrected chi connectivity index (χ0v) is 13.7. The number of benzene rings is 1. The number of hydrogen-bond donors (Lipinski definition) is 1. The molecule has 1 aromatic heterocycles. The van der Waals surface area contributed by atoms with E-state index in [2.05, 4.69) is 10.4 Å². The van der Waals surface area contributed by atoms with Crippen LogP contribution in [0.1, 0.15) is 31.9 Å². The van der Waals surface area contributed by atoms with Crippen LogP contribution < -0.4 is 15.7 Å². The van der Waals surface area contributed by atoms with Gasteiger partial charge in [-0.25, -0.2) is 13.9 Å². The van der Waals surface area contributed by atoms with E-state index in [1.165, 1.54) is 23.0 Å². The zero-order chi connectivity index (χ0) is 17.5. The zero-order valence-electron chi connectivity index (χ0n) is 13.7. The number of aromatic nitrogens is 3. The van der Waals surface area contributed by atoms with Gasteiger partial charge in [0, 0.05) is 25.1 Å². The first-order chi connectivity index (χ1) is 11.2. The van der Waals surface area contributed by atoms with Crippen LogP contribution >= 0.6 is 0 Å². The first-order valence-corrected chi connectivity index (χ1v) is 7.61. The van der Waals surface area contributed by atoms with Gasteiger partial charge < -0.3 is 10.1 Å². The number of nitrogens with zero attached hydrogens (tertiary/aromatic N) is 3. The number of ether oxygens (including phenoxy) is 1. The van der Waals surface area contributed by atoms with Gasteiger partial charge in [-0.2, -0.15) is 5.10 Å². The minimum atomic E-state index is -0.541. The molecule has 8 heteroatoms. The summed E-state index contributed by atoms with van der Waals surface area (Å²) in [5, 5.41) is 6.75. The topological polar surface area (TPSA) is 78.2 Å². The lowest BCUT2D eigenvalue weighted by molar-refractivity contribution is -0.123. The van der Waals surface area contributed by atoms with Gasteiger partial charge in [0.2, 0.25) is 5.91 Å². The van der Waals surface area contributed by atoms with E-state index in [-0.39, 0.29) is 24.2 Å². The molecule has 0 unspecified atom stereocenters. The third kappa shape index (κ3) is 3.17. The molecule has 1 aliphatic heterocycles. The summed E-state index contributed by atoms with van der Waals surface area (Å²) in [6, 6.07) is 3.94. The van der Waals surface area contributed by atoms with Gasteiger partial charge in [-0.15, -0.1) is 0 Å². The van der Waals surface area contributed by atoms with Gasteiger partial charge in [-0.1, -0.05) is 6.07 Å². The second-order valence-corrected chi connectivity index (χ2v) is 6.55. The van der Waals surface area contributed by atoms with Crippen molar-refractivity contribution in [2.24, 2.45) is 7.05 Å². The molecule has 1 atom stereocenters. The van der Waals surface area contributed by atoms with Crippen LogP contribution in [0.2, 0.25) is 0 Å². The summed E-state index contributed by atoms with van der Waals surface area (Å²) in [6.07, 6.45) is 1.89. The van der Waals surface area contributed by atoms with Crippen LogP contribution in [-0.2, 0) is 18.4 Å². The van der Waals surface area contributed by atoms with Crippen molar-refractivity contribution >= 4 is 5.91 Å². The number of hydrogen-bond acceptors (Lipinski definition) is 4. The molecule has 3 rings (SSSR count). The third-order valence-corrected chi connectivity index (χ3v) is 3.95. The Labute approximate surface area is 138 Å². The van der Waals surface area contributed by atoms with Gasteiger partial charge in [-0.3, -0.25) is 9.36 Å². The fraction of sp³-hybridized carbons (Fsp3) is 0.438. The summed E-state index contributed by atoms with van der Waals surface area (Å²) in [7, 11) is 1.57. The van der Waals surface area contributed by atoms with Crippen LogP contribution in [0.5, 0.6) is 5.75 Å².